The molecule has 3 heterocycles. The van der Waals surface area contributed by atoms with Crippen LogP contribution in [0.3, 0.4) is 0 Å². The van der Waals surface area contributed by atoms with Crippen LogP contribution < -0.4 is 0 Å². The number of aliphatic imine (C=N–C) groups is 1. The SMILES string of the molecule is N#Cc1ccc(-c2cc3n(c2)Cc2nc(Br)ccc2N=C3Cl)cc1. The summed E-state index contributed by atoms with van der Waals surface area (Å²) in [4.78, 5) is 9.00. The first-order valence-corrected chi connectivity index (χ1v) is 8.42. The van der Waals surface area contributed by atoms with Gasteiger partial charge in [0.2, 0.25) is 0 Å². The molecule has 4 nitrogen and oxygen atoms in total. The third-order valence-corrected chi connectivity index (χ3v) is 4.63. The van der Waals surface area contributed by atoms with Gasteiger partial charge in [0, 0.05) is 11.8 Å². The third kappa shape index (κ3) is 2.64. The number of fused-ring (bicyclic) bond motifs is 2. The summed E-state index contributed by atoms with van der Waals surface area (Å²) < 4.78 is 2.82. The molecule has 116 valence electrons. The van der Waals surface area contributed by atoms with E-state index in [4.69, 9.17) is 16.9 Å². The molecular formula is C18H10BrClN4. The molecule has 24 heavy (non-hydrogen) atoms. The van der Waals surface area contributed by atoms with Crippen molar-refractivity contribution in [2.24, 2.45) is 4.99 Å². The molecule has 0 saturated carbocycles. The van der Waals surface area contributed by atoms with Gasteiger partial charge in [0.1, 0.15) is 4.60 Å². The van der Waals surface area contributed by atoms with Crippen molar-refractivity contribution in [1.82, 2.24) is 9.55 Å². The number of nitrogens with zero attached hydrogens (tertiary/aromatic N) is 4. The topological polar surface area (TPSA) is 54.0 Å². The van der Waals surface area contributed by atoms with Gasteiger partial charge in [-0.25, -0.2) is 9.98 Å². The van der Waals surface area contributed by atoms with Crippen molar-refractivity contribution in [3.63, 3.8) is 0 Å². The minimum Gasteiger partial charge on any atom is -0.339 e. The molecular weight excluding hydrogens is 388 g/mol. The maximum absolute atomic E-state index is 8.91. The summed E-state index contributed by atoms with van der Waals surface area (Å²) in [6, 6.07) is 15.4. The Balaban J connectivity index is 1.79. The summed E-state index contributed by atoms with van der Waals surface area (Å²) in [6.07, 6.45) is 2.03. The normalized spacial score (nSPS) is 12.6. The number of aromatic nitrogens is 2. The van der Waals surface area contributed by atoms with Gasteiger partial charge in [-0.3, -0.25) is 0 Å². The Bertz CT molecular complexity index is 1010. The van der Waals surface area contributed by atoms with Crippen LogP contribution in [0.15, 0.2) is 58.3 Å². The predicted octanol–water partition coefficient (Wildman–Crippen LogP) is 4.86. The Morgan fingerprint density at radius 2 is 1.92 bits per heavy atom. The van der Waals surface area contributed by atoms with Crippen LogP contribution in [0.1, 0.15) is 17.0 Å². The second-order valence-electron chi connectivity index (χ2n) is 5.43. The van der Waals surface area contributed by atoms with E-state index in [2.05, 4.69) is 32.0 Å². The first kappa shape index (κ1) is 15.1. The van der Waals surface area contributed by atoms with Crippen molar-refractivity contribution in [1.29, 1.82) is 5.26 Å². The zero-order valence-corrected chi connectivity index (χ0v) is 14.7. The second-order valence-corrected chi connectivity index (χ2v) is 6.60. The Morgan fingerprint density at radius 1 is 1.12 bits per heavy atom. The maximum Gasteiger partial charge on any atom is 0.153 e. The van der Waals surface area contributed by atoms with E-state index in [1.54, 1.807) is 0 Å². The first-order chi connectivity index (χ1) is 11.6. The van der Waals surface area contributed by atoms with Gasteiger partial charge in [0.15, 0.2) is 5.17 Å². The van der Waals surface area contributed by atoms with Crippen LogP contribution in [-0.4, -0.2) is 14.7 Å². The highest BCUT2D eigenvalue weighted by molar-refractivity contribution is 9.10. The van der Waals surface area contributed by atoms with Crippen LogP contribution in [0.5, 0.6) is 0 Å². The molecule has 3 aromatic rings. The van der Waals surface area contributed by atoms with E-state index in [9.17, 15) is 0 Å². The number of halogens is 2. The molecule has 0 spiro atoms. The number of hydrogen-bond acceptors (Lipinski definition) is 3. The van der Waals surface area contributed by atoms with E-state index >= 15 is 0 Å². The Labute approximate surface area is 152 Å². The highest BCUT2D eigenvalue weighted by atomic mass is 79.9. The number of hydrogen-bond donors (Lipinski definition) is 0. The lowest BCUT2D eigenvalue weighted by Crippen LogP contribution is -2.04. The first-order valence-electron chi connectivity index (χ1n) is 7.25. The standard InChI is InChI=1S/C18H10BrClN4/c19-17-6-5-14-15(22-17)10-24-9-13(7-16(24)18(20)23-14)12-3-1-11(8-21)2-4-12/h1-7,9H,10H2. The molecule has 0 radical (unpaired) electrons. The van der Waals surface area contributed by atoms with E-state index in [-0.39, 0.29) is 0 Å². The van der Waals surface area contributed by atoms with Gasteiger partial charge in [-0.15, -0.1) is 0 Å². The number of rotatable bonds is 1. The van der Waals surface area contributed by atoms with Crippen LogP contribution in [0.2, 0.25) is 0 Å². The highest BCUT2D eigenvalue weighted by Crippen LogP contribution is 2.30. The molecule has 0 amide bonds. The fourth-order valence-electron chi connectivity index (χ4n) is 2.72. The van der Waals surface area contributed by atoms with Crippen LogP contribution in [0.4, 0.5) is 5.69 Å². The predicted molar refractivity (Wildman–Crippen MR) is 97.7 cm³/mol. The molecule has 0 atom stereocenters. The zero-order chi connectivity index (χ0) is 16.7. The van der Waals surface area contributed by atoms with Gasteiger partial charge in [0.25, 0.3) is 0 Å². The zero-order valence-electron chi connectivity index (χ0n) is 12.4. The molecule has 2 aromatic heterocycles. The Morgan fingerprint density at radius 3 is 2.67 bits per heavy atom. The van der Waals surface area contributed by atoms with Crippen molar-refractivity contribution >= 4 is 38.4 Å². The summed E-state index contributed by atoms with van der Waals surface area (Å²) in [7, 11) is 0. The Kier molecular flexibility index (Phi) is 3.72. The average Bonchev–Trinajstić information content (AvgIpc) is 2.96. The lowest BCUT2D eigenvalue weighted by molar-refractivity contribution is 0.779. The molecule has 0 bridgehead atoms. The molecule has 0 aliphatic carbocycles. The Hall–Kier alpha value is -2.42. The smallest absolute Gasteiger partial charge is 0.153 e. The van der Waals surface area contributed by atoms with Crippen LogP contribution in [0.25, 0.3) is 11.1 Å². The summed E-state index contributed by atoms with van der Waals surface area (Å²) in [5.74, 6) is 0. The molecule has 0 fully saturated rings. The van der Waals surface area contributed by atoms with E-state index in [0.29, 0.717) is 17.3 Å². The minimum atomic E-state index is 0.442. The van der Waals surface area contributed by atoms with Gasteiger partial charge in [0.05, 0.1) is 35.3 Å². The van der Waals surface area contributed by atoms with Gasteiger partial charge >= 0.3 is 0 Å². The third-order valence-electron chi connectivity index (χ3n) is 3.91. The second kappa shape index (κ2) is 5.90. The molecule has 0 unspecified atom stereocenters. The maximum atomic E-state index is 8.91. The summed E-state index contributed by atoms with van der Waals surface area (Å²) >= 11 is 9.81. The van der Waals surface area contributed by atoms with E-state index in [1.807, 2.05) is 53.2 Å². The summed E-state index contributed by atoms with van der Waals surface area (Å²) in [5, 5.41) is 9.36. The lowest BCUT2D eigenvalue weighted by Gasteiger charge is -2.05. The number of nitriles is 1. The van der Waals surface area contributed by atoms with E-state index in [1.165, 1.54) is 0 Å². The number of benzene rings is 1. The molecule has 0 N–H and O–H groups in total. The monoisotopic (exact) mass is 396 g/mol. The molecule has 6 heteroatoms. The average molecular weight is 398 g/mol. The molecule has 1 aliphatic rings. The summed E-state index contributed by atoms with van der Waals surface area (Å²) in [5.41, 5.74) is 5.20. The van der Waals surface area contributed by atoms with Crippen LogP contribution in [-0.2, 0) is 6.54 Å². The molecule has 1 aliphatic heterocycles. The van der Waals surface area contributed by atoms with Crippen molar-refractivity contribution in [2.75, 3.05) is 0 Å². The van der Waals surface area contributed by atoms with Crippen LogP contribution in [0, 0.1) is 11.3 Å². The molecule has 1 aromatic carbocycles. The van der Waals surface area contributed by atoms with Gasteiger partial charge in [-0.1, -0.05) is 23.7 Å². The van der Waals surface area contributed by atoms with Gasteiger partial charge in [-0.05, 0) is 51.8 Å². The van der Waals surface area contributed by atoms with Crippen molar-refractivity contribution < 1.29 is 0 Å². The quantitative estimate of drug-likeness (QED) is 0.550. The molecule has 0 saturated heterocycles. The van der Waals surface area contributed by atoms with Crippen molar-refractivity contribution in [3.8, 4) is 17.2 Å². The lowest BCUT2D eigenvalue weighted by atomic mass is 10.1. The van der Waals surface area contributed by atoms with E-state index in [0.717, 1.165) is 32.8 Å². The fraction of sp³-hybridized carbons (Fsp3) is 0.0556. The number of pyridine rings is 1. The fourth-order valence-corrected chi connectivity index (χ4v) is 3.32. The van der Waals surface area contributed by atoms with Gasteiger partial charge in [-0.2, -0.15) is 5.26 Å². The highest BCUT2D eigenvalue weighted by Gasteiger charge is 2.18. The minimum absolute atomic E-state index is 0.442. The van der Waals surface area contributed by atoms with Crippen molar-refractivity contribution in [3.05, 3.63) is 70.2 Å². The van der Waals surface area contributed by atoms with E-state index < -0.39 is 0 Å². The van der Waals surface area contributed by atoms with Crippen LogP contribution >= 0.6 is 27.5 Å². The summed E-state index contributed by atoms with van der Waals surface area (Å²) in [6.45, 7) is 0.597. The van der Waals surface area contributed by atoms with Crippen molar-refractivity contribution in [2.45, 2.75) is 6.54 Å². The molecule has 4 rings (SSSR count). The largest absolute Gasteiger partial charge is 0.339 e. The van der Waals surface area contributed by atoms with Gasteiger partial charge < -0.3 is 4.57 Å².